The van der Waals surface area contributed by atoms with Crippen molar-refractivity contribution in [2.24, 2.45) is 10.9 Å². The maximum absolute atomic E-state index is 12.3. The first-order valence-corrected chi connectivity index (χ1v) is 8.82. The Bertz CT molecular complexity index is 713. The van der Waals surface area contributed by atoms with Crippen molar-refractivity contribution in [3.63, 3.8) is 0 Å². The predicted octanol–water partition coefficient (Wildman–Crippen LogP) is 0.512. The summed E-state index contributed by atoms with van der Waals surface area (Å²) in [5.41, 5.74) is 0.489. The lowest BCUT2D eigenvalue weighted by Gasteiger charge is -2.17. The fraction of sp³-hybridized carbons (Fsp3) is 0.467. The minimum absolute atomic E-state index is 0.0812. The van der Waals surface area contributed by atoms with E-state index >= 15 is 0 Å². The monoisotopic (exact) mass is 339 g/mol. The topological polar surface area (TPSA) is 96.9 Å². The number of hydrogen-bond donors (Lipinski definition) is 2. The van der Waals surface area contributed by atoms with E-state index in [9.17, 15) is 13.2 Å². The summed E-state index contributed by atoms with van der Waals surface area (Å²) in [4.78, 5) is 16.8. The minimum Gasteiger partial charge on any atom is -0.383 e. The molecular formula is C15H21N3O4S. The Morgan fingerprint density at radius 1 is 1.35 bits per heavy atom. The first-order chi connectivity index (χ1) is 10.9. The Balaban J connectivity index is 2.29. The normalized spacial score (nSPS) is 18.5. The van der Waals surface area contributed by atoms with Gasteiger partial charge in [-0.1, -0.05) is 26.0 Å². The minimum atomic E-state index is -3.61. The summed E-state index contributed by atoms with van der Waals surface area (Å²) in [7, 11) is -2.05. The molecule has 1 aliphatic heterocycles. The first kappa shape index (κ1) is 17.4. The highest BCUT2D eigenvalue weighted by atomic mass is 32.2. The van der Waals surface area contributed by atoms with Gasteiger partial charge in [0.1, 0.15) is 11.9 Å². The molecule has 0 bridgehead atoms. The van der Waals surface area contributed by atoms with E-state index in [2.05, 4.69) is 15.0 Å². The predicted molar refractivity (Wildman–Crippen MR) is 86.8 cm³/mol. The Hall–Kier alpha value is -1.93. The average Bonchev–Trinajstić information content (AvgIpc) is 2.76. The van der Waals surface area contributed by atoms with E-state index in [1.807, 2.05) is 13.8 Å². The van der Waals surface area contributed by atoms with Gasteiger partial charge in [-0.15, -0.1) is 0 Å². The number of carbonyl (C=O) groups is 1. The average molecular weight is 339 g/mol. The summed E-state index contributed by atoms with van der Waals surface area (Å²) in [5.74, 6) is -0.128. The van der Waals surface area contributed by atoms with Crippen LogP contribution in [0.15, 0.2) is 34.2 Å². The molecule has 126 valence electrons. The molecule has 0 radical (unpaired) electrons. The molecule has 1 aromatic carbocycles. The zero-order valence-corrected chi connectivity index (χ0v) is 14.2. The van der Waals surface area contributed by atoms with E-state index in [1.165, 1.54) is 6.07 Å². The van der Waals surface area contributed by atoms with E-state index < -0.39 is 16.1 Å². The van der Waals surface area contributed by atoms with E-state index in [0.717, 1.165) is 0 Å². The van der Waals surface area contributed by atoms with Crippen molar-refractivity contribution in [3.8, 4) is 0 Å². The lowest BCUT2D eigenvalue weighted by Crippen LogP contribution is -2.39. The van der Waals surface area contributed by atoms with Crippen LogP contribution in [-0.4, -0.2) is 46.5 Å². The summed E-state index contributed by atoms with van der Waals surface area (Å²) in [5, 5.41) is 2.74. The van der Waals surface area contributed by atoms with Crippen LogP contribution < -0.4 is 10.0 Å². The molecule has 2 N–H and O–H groups in total. The third-order valence-corrected chi connectivity index (χ3v) is 4.83. The van der Waals surface area contributed by atoms with E-state index in [4.69, 9.17) is 4.74 Å². The summed E-state index contributed by atoms with van der Waals surface area (Å²) < 4.78 is 31.5. The van der Waals surface area contributed by atoms with Crippen LogP contribution in [0.3, 0.4) is 0 Å². The quantitative estimate of drug-likeness (QED) is 0.738. The molecule has 1 heterocycles. The van der Waals surface area contributed by atoms with Gasteiger partial charge >= 0.3 is 0 Å². The standard InChI is InChI=1S/C15H21N3O4S/c1-10(2)13(15(19)16-8-9-22-3)17-14-11-6-4-5-7-12(11)23(20,21)18-14/h4-7,10,13H,8-9H2,1-3H3,(H,16,19)(H,17,18)/t13-/m1/s1. The molecule has 0 spiro atoms. The second kappa shape index (κ2) is 7.10. The van der Waals surface area contributed by atoms with Gasteiger partial charge < -0.3 is 10.1 Å². The van der Waals surface area contributed by atoms with Crippen molar-refractivity contribution in [3.05, 3.63) is 29.8 Å². The van der Waals surface area contributed by atoms with Crippen molar-refractivity contribution < 1.29 is 17.9 Å². The van der Waals surface area contributed by atoms with Crippen LogP contribution in [0.5, 0.6) is 0 Å². The fourth-order valence-corrected chi connectivity index (χ4v) is 3.50. The van der Waals surface area contributed by atoms with Gasteiger partial charge in [0.25, 0.3) is 10.0 Å². The van der Waals surface area contributed by atoms with E-state index in [0.29, 0.717) is 18.7 Å². The van der Waals surface area contributed by atoms with Crippen molar-refractivity contribution in [1.29, 1.82) is 0 Å². The summed E-state index contributed by atoms with van der Waals surface area (Å²) in [6.45, 7) is 4.51. The number of aliphatic imine (C=N–C) groups is 1. The van der Waals surface area contributed by atoms with Crippen molar-refractivity contribution >= 4 is 21.8 Å². The lowest BCUT2D eigenvalue weighted by atomic mass is 10.0. The zero-order chi connectivity index (χ0) is 17.0. The number of benzene rings is 1. The molecule has 0 unspecified atom stereocenters. The second-order valence-electron chi connectivity index (χ2n) is 5.55. The molecule has 0 saturated carbocycles. The van der Waals surface area contributed by atoms with Crippen LogP contribution in [0, 0.1) is 5.92 Å². The Morgan fingerprint density at radius 2 is 2.04 bits per heavy atom. The van der Waals surface area contributed by atoms with Gasteiger partial charge in [-0.2, -0.15) is 0 Å². The maximum atomic E-state index is 12.3. The molecule has 0 fully saturated rings. The number of amides is 1. The van der Waals surface area contributed by atoms with Gasteiger partial charge in [0.15, 0.2) is 0 Å². The van der Waals surface area contributed by atoms with Gasteiger partial charge in [-0.3, -0.25) is 14.5 Å². The number of nitrogens with zero attached hydrogens (tertiary/aromatic N) is 1. The number of sulfonamides is 1. The molecule has 0 aromatic heterocycles. The van der Waals surface area contributed by atoms with E-state index in [-0.39, 0.29) is 22.6 Å². The van der Waals surface area contributed by atoms with E-state index in [1.54, 1.807) is 25.3 Å². The third kappa shape index (κ3) is 3.89. The summed E-state index contributed by atoms with van der Waals surface area (Å²) >= 11 is 0. The Labute approximate surface area is 136 Å². The number of fused-ring (bicyclic) bond motifs is 1. The van der Waals surface area contributed by atoms with Crippen molar-refractivity contribution in [1.82, 2.24) is 10.0 Å². The largest absolute Gasteiger partial charge is 0.383 e. The summed E-state index contributed by atoms with van der Waals surface area (Å²) in [6, 6.07) is 5.89. The molecule has 8 heteroatoms. The molecule has 1 aromatic rings. The number of carbonyl (C=O) groups excluding carboxylic acids is 1. The van der Waals surface area contributed by atoms with Crippen LogP contribution in [0.1, 0.15) is 19.4 Å². The smallest absolute Gasteiger partial charge is 0.263 e. The molecule has 7 nitrogen and oxygen atoms in total. The van der Waals surface area contributed by atoms with Gasteiger partial charge in [-0.05, 0) is 18.1 Å². The number of rotatable bonds is 6. The molecule has 1 atom stereocenters. The maximum Gasteiger partial charge on any atom is 0.263 e. The van der Waals surface area contributed by atoms with Gasteiger partial charge in [0.2, 0.25) is 5.91 Å². The van der Waals surface area contributed by atoms with Crippen molar-refractivity contribution in [2.75, 3.05) is 20.3 Å². The molecule has 0 saturated heterocycles. The van der Waals surface area contributed by atoms with Crippen LogP contribution in [0.2, 0.25) is 0 Å². The van der Waals surface area contributed by atoms with Crippen LogP contribution in [0.4, 0.5) is 0 Å². The second-order valence-corrected chi connectivity index (χ2v) is 7.20. The fourth-order valence-electron chi connectivity index (χ4n) is 2.26. The highest BCUT2D eigenvalue weighted by Crippen LogP contribution is 2.23. The molecule has 0 aliphatic carbocycles. The molecule has 1 amide bonds. The molecular weight excluding hydrogens is 318 g/mol. The Kier molecular flexibility index (Phi) is 5.38. The van der Waals surface area contributed by atoms with Crippen LogP contribution in [-0.2, 0) is 19.6 Å². The van der Waals surface area contributed by atoms with Gasteiger partial charge in [-0.25, -0.2) is 8.42 Å². The highest BCUT2D eigenvalue weighted by Gasteiger charge is 2.32. The van der Waals surface area contributed by atoms with Crippen LogP contribution in [0.25, 0.3) is 0 Å². The number of methoxy groups -OCH3 is 1. The first-order valence-electron chi connectivity index (χ1n) is 7.33. The molecule has 23 heavy (non-hydrogen) atoms. The third-order valence-electron chi connectivity index (χ3n) is 3.44. The highest BCUT2D eigenvalue weighted by molar-refractivity contribution is 7.90. The number of hydrogen-bond acceptors (Lipinski definition) is 5. The number of amidine groups is 1. The number of ether oxygens (including phenoxy) is 1. The van der Waals surface area contributed by atoms with Gasteiger partial charge in [0.05, 0.1) is 11.5 Å². The van der Waals surface area contributed by atoms with Crippen molar-refractivity contribution in [2.45, 2.75) is 24.8 Å². The van der Waals surface area contributed by atoms with Gasteiger partial charge in [0, 0.05) is 19.2 Å². The number of nitrogens with one attached hydrogen (secondary N) is 2. The molecule has 2 rings (SSSR count). The lowest BCUT2D eigenvalue weighted by molar-refractivity contribution is -0.123. The zero-order valence-electron chi connectivity index (χ0n) is 13.4. The Morgan fingerprint density at radius 3 is 2.70 bits per heavy atom. The van der Waals surface area contributed by atoms with Crippen LogP contribution >= 0.6 is 0 Å². The summed E-state index contributed by atoms with van der Waals surface area (Å²) in [6.07, 6.45) is 0. The molecule has 1 aliphatic rings. The SMILES string of the molecule is COCCNC(=O)[C@H](N=C1NS(=O)(=O)c2ccccc21)C(C)C.